The molecule has 1 heterocycles. The summed E-state index contributed by atoms with van der Waals surface area (Å²) in [5, 5.41) is 0. The Morgan fingerprint density at radius 3 is 2.17 bits per heavy atom. The van der Waals surface area contributed by atoms with Gasteiger partial charge in [-0.05, 0) is 43.7 Å². The topological polar surface area (TPSA) is 60.0 Å². The summed E-state index contributed by atoms with van der Waals surface area (Å²) in [6.45, 7) is 4.38. The van der Waals surface area contributed by atoms with Gasteiger partial charge in [0, 0.05) is 23.5 Å². The van der Waals surface area contributed by atoms with Crippen LogP contribution in [0.25, 0.3) is 0 Å². The number of aromatic nitrogens is 1. The van der Waals surface area contributed by atoms with Crippen LogP contribution >= 0.6 is 0 Å². The first kappa shape index (κ1) is 12.4. The van der Waals surface area contributed by atoms with Crippen LogP contribution in [-0.2, 0) is 6.54 Å². The number of rotatable bonds is 3. The van der Waals surface area contributed by atoms with Gasteiger partial charge in [-0.1, -0.05) is 12.1 Å². The molecule has 2 rings (SSSR count). The monoisotopic (exact) mass is 243 g/mol. The lowest BCUT2D eigenvalue weighted by Crippen LogP contribution is -2.24. The van der Waals surface area contributed by atoms with Crippen molar-refractivity contribution in [1.29, 1.82) is 0 Å². The summed E-state index contributed by atoms with van der Waals surface area (Å²) in [4.78, 5) is 12.1. The molecule has 0 spiro atoms. The highest BCUT2D eigenvalue weighted by Crippen LogP contribution is 2.07. The van der Waals surface area contributed by atoms with Crippen LogP contribution in [0.5, 0.6) is 0 Å². The standard InChI is InChI=1S/C14H17N3O/c1-10-3-4-11(2)17(10)16-14(18)13-7-5-12(9-15)6-8-13/h3-8H,9,15H2,1-2H3,(H,16,18). The molecule has 94 valence electrons. The first-order chi connectivity index (χ1) is 8.61. The van der Waals surface area contributed by atoms with Crippen LogP contribution in [0, 0.1) is 13.8 Å². The maximum Gasteiger partial charge on any atom is 0.270 e. The average Bonchev–Trinajstić information content (AvgIpc) is 2.70. The van der Waals surface area contributed by atoms with Crippen molar-refractivity contribution in [1.82, 2.24) is 4.68 Å². The second kappa shape index (κ2) is 5.06. The molecule has 4 heteroatoms. The van der Waals surface area contributed by atoms with Crippen molar-refractivity contribution in [3.05, 3.63) is 58.9 Å². The van der Waals surface area contributed by atoms with E-state index in [-0.39, 0.29) is 5.91 Å². The minimum absolute atomic E-state index is 0.124. The Balaban J connectivity index is 2.17. The highest BCUT2D eigenvalue weighted by atomic mass is 16.2. The van der Waals surface area contributed by atoms with Gasteiger partial charge in [0.25, 0.3) is 5.91 Å². The first-order valence-electron chi connectivity index (χ1n) is 5.87. The average molecular weight is 243 g/mol. The molecule has 0 aliphatic heterocycles. The Hall–Kier alpha value is -2.07. The minimum atomic E-state index is -0.124. The summed E-state index contributed by atoms with van der Waals surface area (Å²) < 4.78 is 1.78. The van der Waals surface area contributed by atoms with Gasteiger partial charge < -0.3 is 5.73 Å². The summed E-state index contributed by atoms with van der Waals surface area (Å²) >= 11 is 0. The second-order valence-corrected chi connectivity index (χ2v) is 4.29. The van der Waals surface area contributed by atoms with Crippen LogP contribution in [0.2, 0.25) is 0 Å². The first-order valence-corrected chi connectivity index (χ1v) is 5.87. The number of amides is 1. The van der Waals surface area contributed by atoms with Crippen molar-refractivity contribution in [3.63, 3.8) is 0 Å². The van der Waals surface area contributed by atoms with E-state index in [9.17, 15) is 4.79 Å². The molecule has 4 nitrogen and oxygen atoms in total. The number of nitrogens with one attached hydrogen (secondary N) is 1. The lowest BCUT2D eigenvalue weighted by Gasteiger charge is -2.11. The van der Waals surface area contributed by atoms with Crippen molar-refractivity contribution in [2.75, 3.05) is 5.43 Å². The zero-order valence-electron chi connectivity index (χ0n) is 10.6. The molecule has 0 bridgehead atoms. The molecule has 0 radical (unpaired) electrons. The van der Waals surface area contributed by atoms with Crippen LogP contribution in [0.3, 0.4) is 0 Å². The molecule has 0 saturated heterocycles. The van der Waals surface area contributed by atoms with E-state index in [0.717, 1.165) is 17.0 Å². The maximum atomic E-state index is 12.1. The van der Waals surface area contributed by atoms with Crippen LogP contribution in [0.4, 0.5) is 0 Å². The predicted molar refractivity (Wildman–Crippen MR) is 71.9 cm³/mol. The molecule has 1 aromatic carbocycles. The highest BCUT2D eigenvalue weighted by Gasteiger charge is 2.08. The van der Waals surface area contributed by atoms with E-state index in [2.05, 4.69) is 5.43 Å². The number of hydrogen-bond acceptors (Lipinski definition) is 2. The van der Waals surface area contributed by atoms with Gasteiger partial charge in [-0.15, -0.1) is 0 Å². The molecule has 1 aromatic heterocycles. The van der Waals surface area contributed by atoms with Gasteiger partial charge >= 0.3 is 0 Å². The van der Waals surface area contributed by atoms with Crippen molar-refractivity contribution >= 4 is 5.91 Å². The maximum absolute atomic E-state index is 12.1. The van der Waals surface area contributed by atoms with Crippen molar-refractivity contribution < 1.29 is 4.79 Å². The van der Waals surface area contributed by atoms with Crippen LogP contribution in [0.1, 0.15) is 27.3 Å². The van der Waals surface area contributed by atoms with Crippen LogP contribution < -0.4 is 11.2 Å². The molecule has 1 amide bonds. The largest absolute Gasteiger partial charge is 0.326 e. The molecular weight excluding hydrogens is 226 g/mol. The molecule has 18 heavy (non-hydrogen) atoms. The molecule has 0 aliphatic carbocycles. The lowest BCUT2D eigenvalue weighted by molar-refractivity contribution is 0.101. The van der Waals surface area contributed by atoms with Gasteiger partial charge in [-0.25, -0.2) is 0 Å². The van der Waals surface area contributed by atoms with Crippen molar-refractivity contribution in [2.45, 2.75) is 20.4 Å². The van der Waals surface area contributed by atoms with Gasteiger partial charge in [-0.2, -0.15) is 0 Å². The lowest BCUT2D eigenvalue weighted by atomic mass is 10.1. The third-order valence-corrected chi connectivity index (χ3v) is 2.94. The van der Waals surface area contributed by atoms with E-state index >= 15 is 0 Å². The Kier molecular flexibility index (Phi) is 3.48. The third kappa shape index (κ3) is 2.43. The number of aryl methyl sites for hydroxylation is 2. The SMILES string of the molecule is Cc1ccc(C)n1NC(=O)c1ccc(CN)cc1. The van der Waals surface area contributed by atoms with Crippen molar-refractivity contribution in [2.24, 2.45) is 5.73 Å². The summed E-state index contributed by atoms with van der Waals surface area (Å²) in [5.74, 6) is -0.124. The molecule has 0 aliphatic rings. The van der Waals surface area contributed by atoms with Gasteiger partial charge in [0.2, 0.25) is 0 Å². The van der Waals surface area contributed by atoms with E-state index in [0.29, 0.717) is 12.1 Å². The third-order valence-electron chi connectivity index (χ3n) is 2.94. The quantitative estimate of drug-likeness (QED) is 0.865. The number of nitrogens with two attached hydrogens (primary N) is 1. The Labute approximate surface area is 106 Å². The molecule has 0 saturated carbocycles. The minimum Gasteiger partial charge on any atom is -0.326 e. The Bertz CT molecular complexity index is 535. The van der Waals surface area contributed by atoms with Gasteiger partial charge in [-0.3, -0.25) is 14.9 Å². The molecule has 0 fully saturated rings. The summed E-state index contributed by atoms with van der Waals surface area (Å²) in [7, 11) is 0. The van der Waals surface area contributed by atoms with E-state index in [1.165, 1.54) is 0 Å². The Morgan fingerprint density at radius 2 is 1.67 bits per heavy atom. The fourth-order valence-electron chi connectivity index (χ4n) is 1.80. The van der Waals surface area contributed by atoms with Gasteiger partial charge in [0.15, 0.2) is 0 Å². The van der Waals surface area contributed by atoms with Crippen LogP contribution in [0.15, 0.2) is 36.4 Å². The fraction of sp³-hybridized carbons (Fsp3) is 0.214. The molecule has 3 N–H and O–H groups in total. The zero-order chi connectivity index (χ0) is 13.1. The van der Waals surface area contributed by atoms with Gasteiger partial charge in [0.1, 0.15) is 0 Å². The van der Waals surface area contributed by atoms with E-state index in [1.54, 1.807) is 16.8 Å². The number of hydrogen-bond donors (Lipinski definition) is 2. The summed E-state index contributed by atoms with van der Waals surface area (Å²) in [6, 6.07) is 11.2. The number of carbonyl (C=O) groups excluding carboxylic acids is 1. The van der Waals surface area contributed by atoms with E-state index in [1.807, 2.05) is 38.1 Å². The normalized spacial score (nSPS) is 10.4. The predicted octanol–water partition coefficient (Wildman–Crippen LogP) is 1.95. The summed E-state index contributed by atoms with van der Waals surface area (Å²) in [6.07, 6.45) is 0. The van der Waals surface area contributed by atoms with Crippen LogP contribution in [-0.4, -0.2) is 10.6 Å². The van der Waals surface area contributed by atoms with E-state index < -0.39 is 0 Å². The number of nitrogens with zero attached hydrogens (tertiary/aromatic N) is 1. The second-order valence-electron chi connectivity index (χ2n) is 4.29. The smallest absolute Gasteiger partial charge is 0.270 e. The molecule has 2 aromatic rings. The Morgan fingerprint density at radius 1 is 1.11 bits per heavy atom. The fourth-order valence-corrected chi connectivity index (χ4v) is 1.80. The molecule has 0 unspecified atom stereocenters. The number of carbonyl (C=O) groups is 1. The molecular formula is C14H17N3O. The number of benzene rings is 1. The van der Waals surface area contributed by atoms with Crippen molar-refractivity contribution in [3.8, 4) is 0 Å². The van der Waals surface area contributed by atoms with Gasteiger partial charge in [0.05, 0.1) is 0 Å². The summed E-state index contributed by atoms with van der Waals surface area (Å²) in [5.41, 5.74) is 12.0. The van der Waals surface area contributed by atoms with E-state index in [4.69, 9.17) is 5.73 Å². The zero-order valence-corrected chi connectivity index (χ0v) is 10.6. The highest BCUT2D eigenvalue weighted by molar-refractivity contribution is 6.00. The molecule has 0 atom stereocenters.